The number of hydrogen-bond donors (Lipinski definition) is 1. The van der Waals surface area contributed by atoms with Gasteiger partial charge in [0.05, 0.1) is 12.7 Å². The molecule has 3 nitrogen and oxygen atoms in total. The van der Waals surface area contributed by atoms with Crippen LogP contribution in [0.25, 0.3) is 0 Å². The van der Waals surface area contributed by atoms with Crippen molar-refractivity contribution in [3.63, 3.8) is 0 Å². The Bertz CT molecular complexity index is 589. The fourth-order valence-electron chi connectivity index (χ4n) is 3.61. The van der Waals surface area contributed by atoms with Crippen LogP contribution in [-0.2, 0) is 10.3 Å². The molecular formula is C16H19FN2OS. The summed E-state index contributed by atoms with van der Waals surface area (Å²) in [4.78, 5) is 4.67. The molecule has 1 aliphatic carbocycles. The standard InChI is InChI=1S/C16H19FN2OS/c17-13-4-2-1-3-12(13)16-9-20-14(10-5-6-10)7-11(16)8-21-15(18)19-16/h1-4,10-11,14H,5-9H2,(H2,18,19)/t11-,14+,16-/m0/s1. The Labute approximate surface area is 128 Å². The summed E-state index contributed by atoms with van der Waals surface area (Å²) >= 11 is 1.59. The zero-order valence-electron chi connectivity index (χ0n) is 11.8. The van der Waals surface area contributed by atoms with Gasteiger partial charge in [-0.15, -0.1) is 0 Å². The molecule has 5 heteroatoms. The van der Waals surface area contributed by atoms with Crippen LogP contribution in [0.5, 0.6) is 0 Å². The molecule has 2 fully saturated rings. The highest BCUT2D eigenvalue weighted by Crippen LogP contribution is 2.50. The molecule has 1 aromatic carbocycles. The smallest absolute Gasteiger partial charge is 0.154 e. The van der Waals surface area contributed by atoms with E-state index in [1.165, 1.54) is 18.9 Å². The molecule has 3 aliphatic rings. The van der Waals surface area contributed by atoms with Crippen LogP contribution in [0.1, 0.15) is 24.8 Å². The maximum atomic E-state index is 14.4. The fourth-order valence-corrected chi connectivity index (χ4v) is 4.62. The number of amidine groups is 1. The number of benzene rings is 1. The molecule has 0 radical (unpaired) electrons. The molecule has 1 aromatic rings. The summed E-state index contributed by atoms with van der Waals surface area (Å²) in [5.74, 6) is 1.69. The van der Waals surface area contributed by atoms with E-state index in [4.69, 9.17) is 10.5 Å². The molecule has 4 rings (SSSR count). The lowest BCUT2D eigenvalue weighted by atomic mass is 9.74. The molecular weight excluding hydrogens is 287 g/mol. The minimum atomic E-state index is -0.633. The van der Waals surface area contributed by atoms with Crippen molar-refractivity contribution in [1.82, 2.24) is 0 Å². The number of aliphatic imine (C=N–C) groups is 1. The van der Waals surface area contributed by atoms with Crippen molar-refractivity contribution >= 4 is 16.9 Å². The van der Waals surface area contributed by atoms with Crippen LogP contribution in [0, 0.1) is 17.7 Å². The van der Waals surface area contributed by atoms with E-state index in [-0.39, 0.29) is 5.82 Å². The third kappa shape index (κ3) is 2.27. The average Bonchev–Trinajstić information content (AvgIpc) is 3.31. The summed E-state index contributed by atoms with van der Waals surface area (Å²) in [5.41, 5.74) is 5.96. The summed E-state index contributed by atoms with van der Waals surface area (Å²) in [6.45, 7) is 0.445. The minimum Gasteiger partial charge on any atom is -0.379 e. The number of ether oxygens (including phenoxy) is 1. The Hall–Kier alpha value is -1.07. The number of halogens is 1. The van der Waals surface area contributed by atoms with Crippen molar-refractivity contribution in [2.45, 2.75) is 30.9 Å². The van der Waals surface area contributed by atoms with Gasteiger partial charge < -0.3 is 10.5 Å². The van der Waals surface area contributed by atoms with Crippen LogP contribution in [0.2, 0.25) is 0 Å². The Kier molecular flexibility index (Phi) is 3.23. The van der Waals surface area contributed by atoms with E-state index >= 15 is 0 Å². The third-order valence-electron chi connectivity index (χ3n) is 4.94. The first-order valence-electron chi connectivity index (χ1n) is 7.54. The first-order chi connectivity index (χ1) is 10.2. The van der Waals surface area contributed by atoms with Crippen LogP contribution in [-0.4, -0.2) is 23.6 Å². The van der Waals surface area contributed by atoms with E-state index in [1.54, 1.807) is 17.8 Å². The van der Waals surface area contributed by atoms with E-state index in [0.29, 0.717) is 35.3 Å². The molecule has 0 bridgehead atoms. The number of thioether (sulfide) groups is 1. The van der Waals surface area contributed by atoms with Gasteiger partial charge in [-0.1, -0.05) is 30.0 Å². The Balaban J connectivity index is 1.74. The van der Waals surface area contributed by atoms with Crippen molar-refractivity contribution in [2.24, 2.45) is 22.6 Å². The molecule has 0 amide bonds. The first kappa shape index (κ1) is 13.6. The second-order valence-corrected chi connectivity index (χ2v) is 7.32. The minimum absolute atomic E-state index is 0.209. The molecule has 112 valence electrons. The largest absolute Gasteiger partial charge is 0.379 e. The van der Waals surface area contributed by atoms with Crippen LogP contribution in [0.15, 0.2) is 29.3 Å². The van der Waals surface area contributed by atoms with Gasteiger partial charge in [-0.3, -0.25) is 0 Å². The van der Waals surface area contributed by atoms with Gasteiger partial charge in [0.1, 0.15) is 11.4 Å². The van der Waals surface area contributed by atoms with Crippen LogP contribution < -0.4 is 5.73 Å². The molecule has 3 atom stereocenters. The quantitative estimate of drug-likeness (QED) is 0.914. The summed E-state index contributed by atoms with van der Waals surface area (Å²) in [6, 6.07) is 6.91. The monoisotopic (exact) mass is 306 g/mol. The SMILES string of the molecule is NC1=N[C@@]2(c3ccccc3F)CO[C@@H](C3CC3)C[C@H]2CS1. The van der Waals surface area contributed by atoms with Gasteiger partial charge >= 0.3 is 0 Å². The van der Waals surface area contributed by atoms with Gasteiger partial charge in [0, 0.05) is 17.2 Å². The van der Waals surface area contributed by atoms with Crippen molar-refractivity contribution in [3.8, 4) is 0 Å². The molecule has 0 spiro atoms. The second-order valence-electron chi connectivity index (χ2n) is 6.28. The molecule has 1 saturated carbocycles. The number of hydrogen-bond acceptors (Lipinski definition) is 4. The fraction of sp³-hybridized carbons (Fsp3) is 0.562. The third-order valence-corrected chi connectivity index (χ3v) is 5.90. The van der Waals surface area contributed by atoms with E-state index in [0.717, 1.165) is 12.2 Å². The maximum Gasteiger partial charge on any atom is 0.154 e. The van der Waals surface area contributed by atoms with E-state index in [9.17, 15) is 4.39 Å². The molecule has 0 aromatic heterocycles. The van der Waals surface area contributed by atoms with Gasteiger partial charge in [0.15, 0.2) is 5.17 Å². The highest BCUT2D eigenvalue weighted by atomic mass is 32.2. The molecule has 2 aliphatic heterocycles. The first-order valence-corrected chi connectivity index (χ1v) is 8.52. The normalized spacial score (nSPS) is 36.0. The highest BCUT2D eigenvalue weighted by molar-refractivity contribution is 8.13. The van der Waals surface area contributed by atoms with Gasteiger partial charge in [-0.05, 0) is 31.2 Å². The molecule has 21 heavy (non-hydrogen) atoms. The van der Waals surface area contributed by atoms with Gasteiger partial charge in [0.25, 0.3) is 0 Å². The Morgan fingerprint density at radius 3 is 2.90 bits per heavy atom. The second kappa shape index (κ2) is 4.99. The summed E-state index contributed by atoms with van der Waals surface area (Å²) in [6.07, 6.45) is 3.82. The lowest BCUT2D eigenvalue weighted by Crippen LogP contribution is -2.50. The van der Waals surface area contributed by atoms with Gasteiger partial charge in [0.2, 0.25) is 0 Å². The van der Waals surface area contributed by atoms with Gasteiger partial charge in [-0.25, -0.2) is 9.38 Å². The maximum absolute atomic E-state index is 14.4. The lowest BCUT2D eigenvalue weighted by Gasteiger charge is -2.46. The van der Waals surface area contributed by atoms with Gasteiger partial charge in [-0.2, -0.15) is 0 Å². The van der Waals surface area contributed by atoms with Crippen molar-refractivity contribution in [1.29, 1.82) is 0 Å². The Morgan fingerprint density at radius 1 is 1.33 bits per heavy atom. The number of fused-ring (bicyclic) bond motifs is 1. The number of nitrogens with zero attached hydrogens (tertiary/aromatic N) is 1. The van der Waals surface area contributed by atoms with Crippen LogP contribution >= 0.6 is 11.8 Å². The van der Waals surface area contributed by atoms with E-state index in [1.807, 2.05) is 12.1 Å². The molecule has 1 saturated heterocycles. The number of nitrogens with two attached hydrogens (primary N) is 1. The summed E-state index contributed by atoms with van der Waals surface area (Å²) in [5, 5.41) is 0.544. The van der Waals surface area contributed by atoms with Crippen LogP contribution in [0.3, 0.4) is 0 Å². The summed E-state index contributed by atoms with van der Waals surface area (Å²) < 4.78 is 20.5. The summed E-state index contributed by atoms with van der Waals surface area (Å²) in [7, 11) is 0. The Morgan fingerprint density at radius 2 is 2.14 bits per heavy atom. The topological polar surface area (TPSA) is 47.6 Å². The van der Waals surface area contributed by atoms with Crippen molar-refractivity contribution < 1.29 is 9.13 Å². The van der Waals surface area contributed by atoms with Crippen molar-refractivity contribution in [2.75, 3.05) is 12.4 Å². The highest BCUT2D eigenvalue weighted by Gasteiger charge is 2.51. The zero-order chi connectivity index (χ0) is 14.4. The average molecular weight is 306 g/mol. The van der Waals surface area contributed by atoms with E-state index < -0.39 is 5.54 Å². The predicted octanol–water partition coefficient (Wildman–Crippen LogP) is 2.90. The predicted molar refractivity (Wildman–Crippen MR) is 82.7 cm³/mol. The van der Waals surface area contributed by atoms with Crippen molar-refractivity contribution in [3.05, 3.63) is 35.6 Å². The molecule has 2 N–H and O–H groups in total. The molecule has 0 unspecified atom stereocenters. The van der Waals surface area contributed by atoms with E-state index in [2.05, 4.69) is 4.99 Å². The molecule has 2 heterocycles. The van der Waals surface area contributed by atoms with Crippen LogP contribution in [0.4, 0.5) is 4.39 Å². The zero-order valence-corrected chi connectivity index (χ0v) is 12.6. The lowest BCUT2D eigenvalue weighted by molar-refractivity contribution is -0.0663. The number of rotatable bonds is 2.